The minimum absolute atomic E-state index is 0.0817. The van der Waals surface area contributed by atoms with E-state index in [0.717, 1.165) is 5.56 Å². The highest BCUT2D eigenvalue weighted by Gasteiger charge is 2.09. The number of hydrogen-bond acceptors (Lipinski definition) is 2. The Hall–Kier alpha value is -1.80. The predicted molar refractivity (Wildman–Crippen MR) is 65.5 cm³/mol. The summed E-state index contributed by atoms with van der Waals surface area (Å²) in [5.74, 6) is 0.0817. The summed E-state index contributed by atoms with van der Waals surface area (Å²) in [6.45, 7) is 3.92. The highest BCUT2D eigenvalue weighted by molar-refractivity contribution is 6.29. The minimum atomic E-state index is 0.0817. The topological polar surface area (TPSA) is 33.1 Å². The molecule has 0 saturated heterocycles. The van der Waals surface area contributed by atoms with Crippen LogP contribution in [0, 0.1) is 0 Å². The van der Waals surface area contributed by atoms with E-state index in [1.165, 1.54) is 6.07 Å². The molecule has 2 rings (SSSR count). The fourth-order valence-electron chi connectivity index (χ4n) is 1.43. The van der Waals surface area contributed by atoms with E-state index < -0.39 is 0 Å². The van der Waals surface area contributed by atoms with Crippen LogP contribution in [-0.2, 0) is 0 Å². The molecule has 0 aliphatic rings. The molecule has 80 valence electrons. The van der Waals surface area contributed by atoms with Gasteiger partial charge in [-0.25, -0.2) is 4.98 Å². The fraction of sp³-hybridized carbons (Fsp3) is 0. The molecule has 0 bridgehead atoms. The van der Waals surface area contributed by atoms with Crippen LogP contribution in [-0.4, -0.2) is 10.1 Å². The number of halogens is 1. The molecule has 0 atom stereocenters. The van der Waals surface area contributed by atoms with Gasteiger partial charge >= 0.3 is 0 Å². The van der Waals surface area contributed by atoms with Gasteiger partial charge < -0.3 is 5.11 Å². The van der Waals surface area contributed by atoms with E-state index >= 15 is 0 Å². The summed E-state index contributed by atoms with van der Waals surface area (Å²) >= 11 is 5.79. The summed E-state index contributed by atoms with van der Waals surface area (Å²) in [5.41, 5.74) is 1.98. The standard InChI is InChI=1S/C13H10ClNO/c1-9(10-5-3-2-4-6-10)13-11(16)7-8-12(14)15-13/h2-8,16H,1H2. The van der Waals surface area contributed by atoms with Crippen molar-refractivity contribution in [2.45, 2.75) is 0 Å². The van der Waals surface area contributed by atoms with E-state index in [1.54, 1.807) is 6.07 Å². The van der Waals surface area contributed by atoms with E-state index in [-0.39, 0.29) is 5.75 Å². The molecule has 3 heteroatoms. The number of rotatable bonds is 2. The molecule has 2 aromatic rings. The molecular formula is C13H10ClNO. The summed E-state index contributed by atoms with van der Waals surface area (Å²) < 4.78 is 0. The van der Waals surface area contributed by atoms with Crippen LogP contribution in [0.5, 0.6) is 5.75 Å². The molecule has 0 unspecified atom stereocenters. The number of nitrogens with zero attached hydrogens (tertiary/aromatic N) is 1. The lowest BCUT2D eigenvalue weighted by atomic mass is 10.0. The Bertz CT molecular complexity index is 523. The van der Waals surface area contributed by atoms with Crippen molar-refractivity contribution in [1.82, 2.24) is 4.98 Å². The van der Waals surface area contributed by atoms with Crippen LogP contribution in [0.4, 0.5) is 0 Å². The number of aromatic hydroxyl groups is 1. The van der Waals surface area contributed by atoms with Gasteiger partial charge in [0.15, 0.2) is 0 Å². The van der Waals surface area contributed by atoms with E-state index in [0.29, 0.717) is 16.4 Å². The van der Waals surface area contributed by atoms with Crippen molar-refractivity contribution in [1.29, 1.82) is 0 Å². The second-order valence-corrected chi connectivity index (χ2v) is 3.73. The van der Waals surface area contributed by atoms with Gasteiger partial charge in [-0.2, -0.15) is 0 Å². The first-order valence-corrected chi connectivity index (χ1v) is 5.16. The SMILES string of the molecule is C=C(c1ccccc1)c1nc(Cl)ccc1O. The summed E-state index contributed by atoms with van der Waals surface area (Å²) in [7, 11) is 0. The third-order valence-electron chi connectivity index (χ3n) is 2.25. The first-order valence-electron chi connectivity index (χ1n) is 4.78. The maximum absolute atomic E-state index is 9.68. The first-order chi connectivity index (χ1) is 7.68. The van der Waals surface area contributed by atoms with Crippen LogP contribution in [0.2, 0.25) is 5.15 Å². The van der Waals surface area contributed by atoms with Crippen molar-refractivity contribution in [3.8, 4) is 5.75 Å². The lowest BCUT2D eigenvalue weighted by Gasteiger charge is -2.07. The van der Waals surface area contributed by atoms with Crippen LogP contribution in [0.3, 0.4) is 0 Å². The van der Waals surface area contributed by atoms with Gasteiger partial charge in [0.05, 0.1) is 0 Å². The van der Waals surface area contributed by atoms with E-state index in [9.17, 15) is 5.11 Å². The summed E-state index contributed by atoms with van der Waals surface area (Å²) in [6, 6.07) is 12.6. The maximum atomic E-state index is 9.68. The van der Waals surface area contributed by atoms with Crippen molar-refractivity contribution < 1.29 is 5.11 Å². The Morgan fingerprint density at radius 3 is 2.50 bits per heavy atom. The molecule has 1 aromatic carbocycles. The van der Waals surface area contributed by atoms with Crippen LogP contribution in [0.1, 0.15) is 11.3 Å². The van der Waals surface area contributed by atoms with Gasteiger partial charge in [-0.3, -0.25) is 0 Å². The molecule has 1 heterocycles. The quantitative estimate of drug-likeness (QED) is 0.803. The van der Waals surface area contributed by atoms with Gasteiger partial charge in [0.1, 0.15) is 16.6 Å². The van der Waals surface area contributed by atoms with Crippen molar-refractivity contribution in [3.05, 3.63) is 65.5 Å². The van der Waals surface area contributed by atoms with Crippen LogP contribution in [0.15, 0.2) is 49.0 Å². The average Bonchev–Trinajstić information content (AvgIpc) is 2.32. The number of benzene rings is 1. The Balaban J connectivity index is 2.46. The first kappa shape index (κ1) is 10.7. The van der Waals surface area contributed by atoms with Crippen LogP contribution in [0.25, 0.3) is 5.57 Å². The number of hydrogen-bond donors (Lipinski definition) is 1. The molecule has 1 N–H and O–H groups in total. The summed E-state index contributed by atoms with van der Waals surface area (Å²) in [6.07, 6.45) is 0. The minimum Gasteiger partial charge on any atom is -0.506 e. The van der Waals surface area contributed by atoms with Crippen molar-refractivity contribution >= 4 is 17.2 Å². The molecular weight excluding hydrogens is 222 g/mol. The smallest absolute Gasteiger partial charge is 0.141 e. The van der Waals surface area contributed by atoms with Gasteiger partial charge in [-0.05, 0) is 17.7 Å². The molecule has 0 saturated carbocycles. The zero-order valence-electron chi connectivity index (χ0n) is 8.52. The molecule has 0 aliphatic heterocycles. The normalized spacial score (nSPS) is 10.1. The lowest BCUT2D eigenvalue weighted by Crippen LogP contribution is -1.91. The second kappa shape index (κ2) is 4.37. The highest BCUT2D eigenvalue weighted by atomic mass is 35.5. The lowest BCUT2D eigenvalue weighted by molar-refractivity contribution is 0.471. The molecule has 16 heavy (non-hydrogen) atoms. The van der Waals surface area contributed by atoms with Crippen molar-refractivity contribution in [3.63, 3.8) is 0 Å². The average molecular weight is 232 g/mol. The monoisotopic (exact) mass is 231 g/mol. The third-order valence-corrected chi connectivity index (χ3v) is 2.46. The van der Waals surface area contributed by atoms with E-state index in [1.807, 2.05) is 30.3 Å². The number of pyridine rings is 1. The van der Waals surface area contributed by atoms with Gasteiger partial charge in [-0.1, -0.05) is 48.5 Å². The Labute approximate surface area is 98.8 Å². The Kier molecular flexibility index (Phi) is 2.93. The Morgan fingerprint density at radius 1 is 1.12 bits per heavy atom. The second-order valence-electron chi connectivity index (χ2n) is 3.35. The fourth-order valence-corrected chi connectivity index (χ4v) is 1.57. The molecule has 0 fully saturated rings. The van der Waals surface area contributed by atoms with Gasteiger partial charge in [0, 0.05) is 5.57 Å². The van der Waals surface area contributed by atoms with Gasteiger partial charge in [0.25, 0.3) is 0 Å². The van der Waals surface area contributed by atoms with Gasteiger partial charge in [-0.15, -0.1) is 0 Å². The molecule has 0 spiro atoms. The van der Waals surface area contributed by atoms with Crippen LogP contribution < -0.4 is 0 Å². The summed E-state index contributed by atoms with van der Waals surface area (Å²) in [5, 5.41) is 10.0. The zero-order valence-corrected chi connectivity index (χ0v) is 9.28. The summed E-state index contributed by atoms with van der Waals surface area (Å²) in [4.78, 5) is 4.06. The maximum Gasteiger partial charge on any atom is 0.141 e. The molecule has 0 amide bonds. The number of aromatic nitrogens is 1. The highest BCUT2D eigenvalue weighted by Crippen LogP contribution is 2.28. The van der Waals surface area contributed by atoms with E-state index in [4.69, 9.17) is 11.6 Å². The molecule has 1 aromatic heterocycles. The van der Waals surface area contributed by atoms with Crippen molar-refractivity contribution in [2.75, 3.05) is 0 Å². The molecule has 0 aliphatic carbocycles. The molecule has 0 radical (unpaired) electrons. The zero-order chi connectivity index (χ0) is 11.5. The van der Waals surface area contributed by atoms with Crippen LogP contribution >= 0.6 is 11.6 Å². The van der Waals surface area contributed by atoms with Crippen molar-refractivity contribution in [2.24, 2.45) is 0 Å². The largest absolute Gasteiger partial charge is 0.506 e. The molecule has 2 nitrogen and oxygen atoms in total. The predicted octanol–water partition coefficient (Wildman–Crippen LogP) is 3.50. The van der Waals surface area contributed by atoms with E-state index in [2.05, 4.69) is 11.6 Å². The third kappa shape index (κ3) is 2.07. The van der Waals surface area contributed by atoms with Gasteiger partial charge in [0.2, 0.25) is 0 Å². The Morgan fingerprint density at radius 2 is 1.81 bits per heavy atom.